The minimum Gasteiger partial charge on any atom is -0.395 e. The zero-order valence-electron chi connectivity index (χ0n) is 7.04. The summed E-state index contributed by atoms with van der Waals surface area (Å²) in [5.41, 5.74) is 0. The van der Waals surface area contributed by atoms with Crippen LogP contribution < -0.4 is 5.32 Å². The summed E-state index contributed by atoms with van der Waals surface area (Å²) in [7, 11) is 0. The molecule has 13 heavy (non-hydrogen) atoms. The molecule has 0 aromatic rings. The van der Waals surface area contributed by atoms with Gasteiger partial charge in [0.15, 0.2) is 0 Å². The van der Waals surface area contributed by atoms with Crippen LogP contribution in [0.4, 0.5) is 0 Å². The monoisotopic (exact) mass is 193 g/mol. The lowest BCUT2D eigenvalue weighted by molar-refractivity contribution is -0.0980. The number of hydrogen-bond donors (Lipinski definition) is 6. The molecule has 5 atom stereocenters. The average molecular weight is 193 g/mol. The smallest absolute Gasteiger partial charge is 0.110 e. The molecule has 6 heteroatoms. The number of aliphatic hydroxyl groups excluding tert-OH is 5. The lowest BCUT2D eigenvalue weighted by Gasteiger charge is -2.24. The zero-order chi connectivity index (χ0) is 10.0. The van der Waals surface area contributed by atoms with Crippen molar-refractivity contribution in [3.8, 4) is 0 Å². The zero-order valence-corrected chi connectivity index (χ0v) is 7.04. The minimum absolute atomic E-state index is 0.0283. The van der Waals surface area contributed by atoms with E-state index in [9.17, 15) is 20.4 Å². The van der Waals surface area contributed by atoms with Crippen LogP contribution >= 0.6 is 0 Å². The second-order valence-electron chi connectivity index (χ2n) is 3.24. The summed E-state index contributed by atoms with van der Waals surface area (Å²) in [5, 5.41) is 48.5. The Labute approximate surface area is 75.4 Å². The first-order valence-electron chi connectivity index (χ1n) is 4.14. The molecular formula is C7H15NO5. The van der Waals surface area contributed by atoms with Gasteiger partial charge in [0.05, 0.1) is 18.8 Å². The van der Waals surface area contributed by atoms with Crippen LogP contribution in [0, 0.1) is 0 Å². The summed E-state index contributed by atoms with van der Waals surface area (Å²) in [4.78, 5) is 0. The summed E-state index contributed by atoms with van der Waals surface area (Å²) in [5.74, 6) is 0. The Kier molecular flexibility index (Phi) is 3.60. The molecule has 78 valence electrons. The van der Waals surface area contributed by atoms with Crippen LogP contribution in [0.1, 0.15) is 0 Å². The minimum atomic E-state index is -1.44. The van der Waals surface area contributed by atoms with Gasteiger partial charge in [0.25, 0.3) is 0 Å². The van der Waals surface area contributed by atoms with Gasteiger partial charge in [0.1, 0.15) is 18.3 Å². The number of aliphatic hydroxyl groups is 5. The highest BCUT2D eigenvalue weighted by molar-refractivity contribution is 4.92. The molecule has 1 rings (SSSR count). The van der Waals surface area contributed by atoms with Crippen LogP contribution in [0.15, 0.2) is 0 Å². The maximum absolute atomic E-state index is 9.36. The summed E-state index contributed by atoms with van der Waals surface area (Å²) in [6, 6.07) is -0.721. The van der Waals surface area contributed by atoms with E-state index in [4.69, 9.17) is 5.11 Å². The predicted octanol–water partition coefficient (Wildman–Crippen LogP) is -3.61. The van der Waals surface area contributed by atoms with E-state index >= 15 is 0 Å². The molecule has 1 aliphatic rings. The van der Waals surface area contributed by atoms with Crippen LogP contribution in [0.2, 0.25) is 0 Å². The molecule has 0 saturated carbocycles. The first-order chi connectivity index (χ1) is 6.07. The van der Waals surface area contributed by atoms with Crippen LogP contribution in [0.25, 0.3) is 0 Å². The predicted molar refractivity (Wildman–Crippen MR) is 42.9 cm³/mol. The Morgan fingerprint density at radius 2 is 1.62 bits per heavy atom. The topological polar surface area (TPSA) is 113 Å². The molecule has 0 spiro atoms. The second-order valence-corrected chi connectivity index (χ2v) is 3.24. The van der Waals surface area contributed by atoms with Gasteiger partial charge in [-0.2, -0.15) is 0 Å². The molecule has 6 N–H and O–H groups in total. The first kappa shape index (κ1) is 10.8. The third-order valence-corrected chi connectivity index (χ3v) is 2.29. The fourth-order valence-electron chi connectivity index (χ4n) is 1.35. The molecular weight excluding hydrogens is 178 g/mol. The van der Waals surface area contributed by atoms with Gasteiger partial charge in [-0.1, -0.05) is 0 Å². The maximum Gasteiger partial charge on any atom is 0.110 e. The number of hydrogen-bond acceptors (Lipinski definition) is 6. The van der Waals surface area contributed by atoms with Gasteiger partial charge < -0.3 is 30.8 Å². The second kappa shape index (κ2) is 4.32. The Bertz CT molecular complexity index is 165. The van der Waals surface area contributed by atoms with Gasteiger partial charge in [-0.15, -0.1) is 0 Å². The van der Waals surface area contributed by atoms with Crippen LogP contribution in [0.3, 0.4) is 0 Å². The SMILES string of the molecule is OC[C@@H]1NC[C@H](O)[C@H](O)[C@H](O)[C@@H]1O. The van der Waals surface area contributed by atoms with Crippen molar-refractivity contribution in [3.63, 3.8) is 0 Å². The third-order valence-electron chi connectivity index (χ3n) is 2.29. The lowest BCUT2D eigenvalue weighted by atomic mass is 10.0. The molecule has 0 amide bonds. The van der Waals surface area contributed by atoms with Crippen molar-refractivity contribution in [2.24, 2.45) is 0 Å². The van der Waals surface area contributed by atoms with Gasteiger partial charge >= 0.3 is 0 Å². The summed E-state index contributed by atoms with van der Waals surface area (Å²) in [6.45, 7) is -0.335. The largest absolute Gasteiger partial charge is 0.395 e. The summed E-state index contributed by atoms with van der Waals surface area (Å²) in [6.07, 6.45) is -5.25. The molecule has 1 aliphatic heterocycles. The quantitative estimate of drug-likeness (QED) is 0.256. The number of nitrogens with one attached hydrogen (secondary N) is 1. The van der Waals surface area contributed by atoms with Crippen molar-refractivity contribution in [2.45, 2.75) is 30.5 Å². The van der Waals surface area contributed by atoms with E-state index in [0.717, 1.165) is 0 Å². The van der Waals surface area contributed by atoms with E-state index in [-0.39, 0.29) is 13.2 Å². The van der Waals surface area contributed by atoms with E-state index in [2.05, 4.69) is 5.32 Å². The average Bonchev–Trinajstić information content (AvgIpc) is 2.22. The normalized spacial score (nSPS) is 47.3. The van der Waals surface area contributed by atoms with Crippen molar-refractivity contribution < 1.29 is 25.5 Å². The van der Waals surface area contributed by atoms with Crippen molar-refractivity contribution in [2.75, 3.05) is 13.2 Å². The van der Waals surface area contributed by atoms with Gasteiger partial charge in [-0.05, 0) is 0 Å². The molecule has 0 aliphatic carbocycles. The van der Waals surface area contributed by atoms with Gasteiger partial charge in [-0.3, -0.25) is 0 Å². The van der Waals surface area contributed by atoms with Gasteiger partial charge in [-0.25, -0.2) is 0 Å². The Hall–Kier alpha value is -0.240. The Balaban J connectivity index is 2.69. The highest BCUT2D eigenvalue weighted by Gasteiger charge is 2.37. The first-order valence-corrected chi connectivity index (χ1v) is 4.14. The number of rotatable bonds is 1. The van der Waals surface area contributed by atoms with Gasteiger partial charge in [0.2, 0.25) is 0 Å². The van der Waals surface area contributed by atoms with Crippen molar-refractivity contribution in [3.05, 3.63) is 0 Å². The highest BCUT2D eigenvalue weighted by Crippen LogP contribution is 2.11. The fourth-order valence-corrected chi connectivity index (χ4v) is 1.35. The number of β-amino-alcohol motifs (C(OH)–C–C–N with tert-alkyl or cyclic N) is 1. The highest BCUT2D eigenvalue weighted by atomic mass is 16.4. The molecule has 0 aromatic heterocycles. The van der Waals surface area contributed by atoms with E-state index in [1.807, 2.05) is 0 Å². The fraction of sp³-hybridized carbons (Fsp3) is 1.00. The van der Waals surface area contributed by atoms with E-state index in [0.29, 0.717) is 0 Å². The molecule has 1 saturated heterocycles. The molecule has 0 bridgehead atoms. The lowest BCUT2D eigenvalue weighted by Crippen LogP contribution is -2.48. The Morgan fingerprint density at radius 1 is 1.00 bits per heavy atom. The third kappa shape index (κ3) is 2.16. The Morgan fingerprint density at radius 3 is 2.15 bits per heavy atom. The molecule has 0 unspecified atom stereocenters. The summed E-state index contributed by atoms with van der Waals surface area (Å²) < 4.78 is 0. The molecule has 1 heterocycles. The van der Waals surface area contributed by atoms with Crippen LogP contribution in [0.5, 0.6) is 0 Å². The molecule has 0 aromatic carbocycles. The van der Waals surface area contributed by atoms with Crippen molar-refractivity contribution in [1.29, 1.82) is 0 Å². The van der Waals surface area contributed by atoms with Gasteiger partial charge in [0, 0.05) is 6.54 Å². The molecule has 0 radical (unpaired) electrons. The molecule has 1 fully saturated rings. The standard InChI is InChI=1S/C7H15NO5/c9-2-3-5(11)7(13)6(12)4(10)1-8-3/h3-13H,1-2H2/t3-,4-,5+,6-,7+/m0/s1. The van der Waals surface area contributed by atoms with Crippen LogP contribution in [-0.2, 0) is 0 Å². The maximum atomic E-state index is 9.36. The van der Waals surface area contributed by atoms with E-state index in [1.54, 1.807) is 0 Å². The van der Waals surface area contributed by atoms with Crippen LogP contribution in [-0.4, -0.2) is 69.1 Å². The molecule has 6 nitrogen and oxygen atoms in total. The van der Waals surface area contributed by atoms with E-state index in [1.165, 1.54) is 0 Å². The van der Waals surface area contributed by atoms with Crippen molar-refractivity contribution >= 4 is 0 Å². The van der Waals surface area contributed by atoms with E-state index < -0.39 is 30.5 Å². The summed E-state index contributed by atoms with van der Waals surface area (Å²) >= 11 is 0. The van der Waals surface area contributed by atoms with Crippen molar-refractivity contribution in [1.82, 2.24) is 5.32 Å².